The zero-order chi connectivity index (χ0) is 17.9. The van der Waals surface area contributed by atoms with E-state index in [0.29, 0.717) is 25.5 Å². The van der Waals surface area contributed by atoms with E-state index in [1.807, 2.05) is 0 Å². The van der Waals surface area contributed by atoms with Gasteiger partial charge in [-0.3, -0.25) is 4.79 Å². The van der Waals surface area contributed by atoms with E-state index in [1.165, 1.54) is 18.2 Å². The highest BCUT2D eigenvalue weighted by molar-refractivity contribution is 5.80. The van der Waals surface area contributed by atoms with E-state index in [2.05, 4.69) is 5.32 Å². The van der Waals surface area contributed by atoms with Gasteiger partial charge in [0, 0.05) is 37.2 Å². The second kappa shape index (κ2) is 7.70. The summed E-state index contributed by atoms with van der Waals surface area (Å²) in [7, 11) is 0. The van der Waals surface area contributed by atoms with Crippen molar-refractivity contribution >= 4 is 5.91 Å². The molecule has 1 aliphatic carbocycles. The van der Waals surface area contributed by atoms with Crippen LogP contribution in [0.3, 0.4) is 0 Å². The summed E-state index contributed by atoms with van der Waals surface area (Å²) in [6.07, 6.45) is 2.53. The van der Waals surface area contributed by atoms with Gasteiger partial charge < -0.3 is 19.9 Å². The molecule has 1 unspecified atom stereocenters. The lowest BCUT2D eigenvalue weighted by Gasteiger charge is -2.37. The molecule has 2 fully saturated rings. The summed E-state index contributed by atoms with van der Waals surface area (Å²) in [6.45, 7) is 3.47. The minimum Gasteiger partial charge on any atom is -0.481 e. The molecule has 0 radical (unpaired) electrons. The third-order valence-corrected chi connectivity index (χ3v) is 5.59. The Morgan fingerprint density at radius 1 is 1.44 bits per heavy atom. The molecule has 1 saturated carbocycles. The summed E-state index contributed by atoms with van der Waals surface area (Å²) >= 11 is 0. The average molecular weight is 351 g/mol. The van der Waals surface area contributed by atoms with Gasteiger partial charge in [-0.15, -0.1) is 0 Å². The van der Waals surface area contributed by atoms with Crippen molar-refractivity contribution in [2.45, 2.75) is 44.8 Å². The second-order valence-corrected chi connectivity index (χ2v) is 7.18. The number of hydrogen-bond acceptors (Lipinski definition) is 4. The Hall–Kier alpha value is -1.66. The van der Waals surface area contributed by atoms with Gasteiger partial charge >= 0.3 is 0 Å². The first-order valence-corrected chi connectivity index (χ1v) is 8.96. The number of ether oxygens (including phenoxy) is 2. The Morgan fingerprint density at radius 2 is 2.20 bits per heavy atom. The van der Waals surface area contributed by atoms with Gasteiger partial charge in [0.05, 0.1) is 6.10 Å². The molecule has 0 bridgehead atoms. The zero-order valence-corrected chi connectivity index (χ0v) is 14.5. The largest absolute Gasteiger partial charge is 0.481 e. The lowest BCUT2D eigenvalue weighted by Crippen LogP contribution is -2.44. The van der Waals surface area contributed by atoms with Crippen LogP contribution in [0.4, 0.5) is 4.39 Å². The number of rotatable bonds is 5. The predicted molar refractivity (Wildman–Crippen MR) is 90.7 cm³/mol. The van der Waals surface area contributed by atoms with Gasteiger partial charge in [-0.2, -0.15) is 0 Å². The van der Waals surface area contributed by atoms with Crippen molar-refractivity contribution in [1.82, 2.24) is 5.32 Å². The minimum absolute atomic E-state index is 0.0443. The quantitative estimate of drug-likeness (QED) is 0.854. The molecule has 6 heteroatoms. The van der Waals surface area contributed by atoms with Crippen LogP contribution in [0.5, 0.6) is 5.75 Å². The number of carbonyl (C=O) groups excluding carboxylic acids is 1. The second-order valence-electron chi connectivity index (χ2n) is 7.18. The van der Waals surface area contributed by atoms with Crippen LogP contribution in [-0.2, 0) is 9.53 Å². The number of benzene rings is 1. The molecule has 1 aliphatic heterocycles. The van der Waals surface area contributed by atoms with E-state index in [0.717, 1.165) is 25.7 Å². The van der Waals surface area contributed by atoms with Gasteiger partial charge in [0.2, 0.25) is 0 Å². The summed E-state index contributed by atoms with van der Waals surface area (Å²) in [4.78, 5) is 12.2. The highest BCUT2D eigenvalue weighted by Crippen LogP contribution is 2.48. The molecule has 1 spiro atoms. The maximum atomic E-state index is 13.2. The molecule has 138 valence electrons. The molecule has 1 heterocycles. The van der Waals surface area contributed by atoms with E-state index < -0.39 is 18.0 Å². The molecule has 1 aromatic carbocycles. The summed E-state index contributed by atoms with van der Waals surface area (Å²) in [6, 6.07) is 5.73. The number of aliphatic hydroxyl groups excluding tert-OH is 1. The van der Waals surface area contributed by atoms with Crippen molar-refractivity contribution in [2.24, 2.45) is 11.3 Å². The van der Waals surface area contributed by atoms with Crippen LogP contribution < -0.4 is 10.1 Å². The van der Waals surface area contributed by atoms with E-state index in [1.54, 1.807) is 13.0 Å². The molecular formula is C19H26FNO4. The third kappa shape index (κ3) is 4.12. The molecule has 0 aromatic heterocycles. The van der Waals surface area contributed by atoms with Crippen molar-refractivity contribution in [3.05, 3.63) is 30.1 Å². The van der Waals surface area contributed by atoms with E-state index in [4.69, 9.17) is 9.47 Å². The highest BCUT2D eigenvalue weighted by Gasteiger charge is 2.48. The molecule has 2 aliphatic rings. The lowest BCUT2D eigenvalue weighted by atomic mass is 9.76. The van der Waals surface area contributed by atoms with Gasteiger partial charge in [0.1, 0.15) is 11.6 Å². The fourth-order valence-corrected chi connectivity index (χ4v) is 3.99. The standard InChI is InChI=1S/C19H26FNO4/c1-13(25-16-4-2-3-15(20)11-16)18(23)21-12-14-5-6-19(17(14)22)7-9-24-10-8-19/h2-4,11,13-14,17,22H,5-10,12H2,1H3,(H,21,23)/t13?,14-,17+/m0/s1. The van der Waals surface area contributed by atoms with Crippen LogP contribution in [0, 0.1) is 17.2 Å². The fraction of sp³-hybridized carbons (Fsp3) is 0.632. The molecule has 1 aromatic rings. The lowest BCUT2D eigenvalue weighted by molar-refractivity contribution is -0.127. The average Bonchev–Trinajstić information content (AvgIpc) is 2.89. The first kappa shape index (κ1) is 18.1. The SMILES string of the molecule is CC(Oc1cccc(F)c1)C(=O)NC[C@@H]1CCC2(CCOCC2)[C@@H]1O. The van der Waals surface area contributed by atoms with Gasteiger partial charge in [0.15, 0.2) is 6.10 Å². The zero-order valence-electron chi connectivity index (χ0n) is 14.5. The summed E-state index contributed by atoms with van der Waals surface area (Å²) in [5.74, 6) is -0.279. The van der Waals surface area contributed by atoms with Gasteiger partial charge in [0.25, 0.3) is 5.91 Å². The Balaban J connectivity index is 1.48. The molecule has 5 nitrogen and oxygen atoms in total. The Labute approximate surface area is 147 Å². The molecule has 2 N–H and O–H groups in total. The molecule has 3 rings (SSSR count). The topological polar surface area (TPSA) is 67.8 Å². The first-order chi connectivity index (χ1) is 12.0. The van der Waals surface area contributed by atoms with Crippen LogP contribution in [0.15, 0.2) is 24.3 Å². The summed E-state index contributed by atoms with van der Waals surface area (Å²) < 4.78 is 24.1. The maximum absolute atomic E-state index is 13.2. The summed E-state index contributed by atoms with van der Waals surface area (Å²) in [5, 5.41) is 13.6. The van der Waals surface area contributed by atoms with Crippen molar-refractivity contribution in [3.63, 3.8) is 0 Å². The van der Waals surface area contributed by atoms with Crippen molar-refractivity contribution in [3.8, 4) is 5.75 Å². The Bertz CT molecular complexity index is 603. The van der Waals surface area contributed by atoms with Crippen molar-refractivity contribution in [2.75, 3.05) is 19.8 Å². The number of amides is 1. The summed E-state index contributed by atoms with van der Waals surface area (Å²) in [5.41, 5.74) is -0.0443. The van der Waals surface area contributed by atoms with Crippen molar-refractivity contribution < 1.29 is 23.8 Å². The normalized spacial score (nSPS) is 26.4. The van der Waals surface area contributed by atoms with Crippen LogP contribution in [-0.4, -0.2) is 43.0 Å². The molecule has 1 saturated heterocycles. The monoisotopic (exact) mass is 351 g/mol. The van der Waals surface area contributed by atoms with E-state index in [-0.39, 0.29) is 17.2 Å². The first-order valence-electron chi connectivity index (χ1n) is 8.96. The fourth-order valence-electron chi connectivity index (χ4n) is 3.99. The van der Waals surface area contributed by atoms with Crippen LogP contribution in [0.25, 0.3) is 0 Å². The smallest absolute Gasteiger partial charge is 0.260 e. The van der Waals surface area contributed by atoms with Gasteiger partial charge in [-0.1, -0.05) is 6.07 Å². The number of hydrogen-bond donors (Lipinski definition) is 2. The number of carbonyl (C=O) groups is 1. The minimum atomic E-state index is -0.725. The Kier molecular flexibility index (Phi) is 5.59. The van der Waals surface area contributed by atoms with Crippen LogP contribution in [0.2, 0.25) is 0 Å². The molecule has 3 atom stereocenters. The van der Waals surface area contributed by atoms with Gasteiger partial charge in [-0.05, 0) is 44.7 Å². The van der Waals surface area contributed by atoms with E-state index >= 15 is 0 Å². The molecule has 25 heavy (non-hydrogen) atoms. The van der Waals surface area contributed by atoms with Gasteiger partial charge in [-0.25, -0.2) is 4.39 Å². The Morgan fingerprint density at radius 3 is 2.92 bits per heavy atom. The van der Waals surface area contributed by atoms with Crippen molar-refractivity contribution in [1.29, 1.82) is 0 Å². The molecular weight excluding hydrogens is 325 g/mol. The predicted octanol–water partition coefficient (Wildman–Crippen LogP) is 2.28. The molecule has 1 amide bonds. The maximum Gasteiger partial charge on any atom is 0.260 e. The number of nitrogens with one attached hydrogen (secondary N) is 1. The van der Waals surface area contributed by atoms with E-state index in [9.17, 15) is 14.3 Å². The highest BCUT2D eigenvalue weighted by atomic mass is 19.1. The third-order valence-electron chi connectivity index (χ3n) is 5.59. The van der Waals surface area contributed by atoms with Crippen LogP contribution >= 0.6 is 0 Å². The number of aliphatic hydroxyl groups is 1. The number of halogens is 1. The van der Waals surface area contributed by atoms with Crippen LogP contribution in [0.1, 0.15) is 32.6 Å².